The van der Waals surface area contributed by atoms with E-state index in [-0.39, 0.29) is 72.0 Å². The van der Waals surface area contributed by atoms with Gasteiger partial charge in [0.25, 0.3) is 20.2 Å². The minimum absolute atomic E-state index is 0. The van der Waals surface area contributed by atoms with Gasteiger partial charge in [0.1, 0.15) is 10.5 Å². The van der Waals surface area contributed by atoms with Crippen molar-refractivity contribution in [1.82, 2.24) is 0 Å². The molecule has 0 saturated heterocycles. The van der Waals surface area contributed by atoms with E-state index < -0.39 is 42.7 Å². The zero-order valence-corrected chi connectivity index (χ0v) is 32.3. The van der Waals surface area contributed by atoms with Crippen LogP contribution in [0.4, 0.5) is 0 Å². The number of carboxylic acids is 2. The molecule has 14 heteroatoms. The fourth-order valence-electron chi connectivity index (χ4n) is 4.41. The molecular formula is C28H54Na2O10S2. The number of carbonyl (C=O) groups is 2. The van der Waals surface area contributed by atoms with E-state index in [0.29, 0.717) is 12.8 Å². The quantitative estimate of drug-likeness (QED) is 0.0635. The molecule has 0 saturated carbocycles. The van der Waals surface area contributed by atoms with Gasteiger partial charge in [0.15, 0.2) is 0 Å². The summed E-state index contributed by atoms with van der Waals surface area (Å²) in [5, 5.41) is 17.6. The largest absolute Gasteiger partial charge is 1.00 e. The van der Waals surface area contributed by atoms with E-state index in [4.69, 9.17) is 9.11 Å². The normalized spacial score (nSPS) is 12.7. The van der Waals surface area contributed by atoms with E-state index in [1.807, 2.05) is 0 Å². The summed E-state index contributed by atoms with van der Waals surface area (Å²) in [5.41, 5.74) is 0. The van der Waals surface area contributed by atoms with Crippen LogP contribution in [0.15, 0.2) is 0 Å². The summed E-state index contributed by atoms with van der Waals surface area (Å²) >= 11 is 0. The first-order chi connectivity index (χ1) is 18.8. The first-order valence-corrected chi connectivity index (χ1v) is 18.1. The van der Waals surface area contributed by atoms with Crippen molar-refractivity contribution in [3.05, 3.63) is 0 Å². The molecule has 0 aromatic rings. The number of carboxylic acid groups (broad SMARTS) is 2. The van der Waals surface area contributed by atoms with Crippen LogP contribution in [0.2, 0.25) is 0 Å². The van der Waals surface area contributed by atoms with Crippen molar-refractivity contribution in [2.24, 2.45) is 0 Å². The van der Waals surface area contributed by atoms with Gasteiger partial charge < -0.3 is 19.8 Å². The van der Waals surface area contributed by atoms with Gasteiger partial charge in [-0.25, -0.2) is 0 Å². The van der Waals surface area contributed by atoms with Crippen molar-refractivity contribution in [2.75, 3.05) is 0 Å². The van der Waals surface area contributed by atoms with Crippen LogP contribution in [0.1, 0.15) is 155 Å². The Morgan fingerprint density at radius 1 is 0.476 bits per heavy atom. The second kappa shape index (κ2) is 31.7. The molecule has 0 aliphatic heterocycles. The van der Waals surface area contributed by atoms with Crippen molar-refractivity contribution in [3.8, 4) is 0 Å². The Labute approximate surface area is 300 Å². The molecule has 0 aromatic carbocycles. The summed E-state index contributed by atoms with van der Waals surface area (Å²) in [7, 11) is -9.07. The number of unbranched alkanes of at least 4 members (excludes halogenated alkanes) is 18. The van der Waals surface area contributed by atoms with E-state index in [1.54, 1.807) is 0 Å². The van der Waals surface area contributed by atoms with Gasteiger partial charge in [-0.1, -0.05) is 142 Å². The Morgan fingerprint density at radius 3 is 0.833 bits per heavy atom. The first kappa shape index (κ1) is 49.6. The van der Waals surface area contributed by atoms with E-state index in [1.165, 1.54) is 77.0 Å². The maximum atomic E-state index is 10.8. The molecule has 2 N–H and O–H groups in total. The number of carbonyl (C=O) groups excluding carboxylic acids is 2. The predicted octanol–water partition coefficient (Wildman–Crippen LogP) is -1.38. The Bertz CT molecular complexity index is 783. The standard InChI is InChI=1S/2C14H28O5S.2Na/c2*1-2-3-4-5-6-7-8-9-10-11-12-13(14(15)16)20(17,18)19;;/h2*13H,2-12H2,1H3,(H,15,16)(H,17,18,19);;/q;;2*+1/p-2. The van der Waals surface area contributed by atoms with Crippen molar-refractivity contribution in [2.45, 2.75) is 166 Å². The monoisotopic (exact) mass is 660 g/mol. The summed E-state index contributed by atoms with van der Waals surface area (Å²) in [6.45, 7) is 4.37. The molecule has 0 aliphatic rings. The molecule has 0 heterocycles. The molecule has 2 atom stereocenters. The number of rotatable bonds is 26. The predicted molar refractivity (Wildman–Crippen MR) is 154 cm³/mol. The van der Waals surface area contributed by atoms with Crippen LogP contribution in [0.25, 0.3) is 0 Å². The van der Waals surface area contributed by atoms with Crippen molar-refractivity contribution >= 4 is 32.2 Å². The molecule has 10 nitrogen and oxygen atoms in total. The first-order valence-electron chi connectivity index (χ1n) is 15.1. The molecule has 2 unspecified atom stereocenters. The van der Waals surface area contributed by atoms with E-state index in [2.05, 4.69) is 13.8 Å². The summed E-state index contributed by atoms with van der Waals surface area (Å²) < 4.78 is 60.7. The van der Waals surface area contributed by atoms with Gasteiger partial charge in [0.05, 0.1) is 11.9 Å². The third-order valence-corrected chi connectivity index (χ3v) is 9.18. The van der Waals surface area contributed by atoms with Gasteiger partial charge >= 0.3 is 59.1 Å². The number of hydrogen-bond acceptors (Lipinski definition) is 8. The summed E-state index contributed by atoms with van der Waals surface area (Å²) in [6, 6.07) is 0. The topological polar surface area (TPSA) is 189 Å². The Balaban J connectivity index is -0.000000328. The van der Waals surface area contributed by atoms with E-state index in [9.17, 15) is 36.6 Å². The molecule has 0 spiro atoms. The van der Waals surface area contributed by atoms with Gasteiger partial charge in [-0.3, -0.25) is 9.11 Å². The summed E-state index contributed by atoms with van der Waals surface area (Å²) in [5.74, 6) is -3.44. The zero-order chi connectivity index (χ0) is 30.9. The fourth-order valence-corrected chi connectivity index (χ4v) is 5.83. The smallest absolute Gasteiger partial charge is 0.549 e. The van der Waals surface area contributed by atoms with E-state index >= 15 is 0 Å². The minimum atomic E-state index is -4.54. The zero-order valence-electron chi connectivity index (χ0n) is 26.7. The maximum absolute atomic E-state index is 10.8. The van der Waals surface area contributed by atoms with Crippen LogP contribution in [0.5, 0.6) is 0 Å². The Hall–Kier alpha value is 0.760. The second-order valence-corrected chi connectivity index (χ2v) is 13.8. The SMILES string of the molecule is CCCCCCCCCCCCC(C(=O)[O-])S(=O)(=O)O.CCCCCCCCCCCCC(C(=O)[O-])S(=O)(=O)O.[Na+].[Na+]. The van der Waals surface area contributed by atoms with Gasteiger partial charge in [0.2, 0.25) is 0 Å². The van der Waals surface area contributed by atoms with Crippen LogP contribution in [-0.4, -0.2) is 48.4 Å². The van der Waals surface area contributed by atoms with Gasteiger partial charge in [-0.2, -0.15) is 16.8 Å². The molecule has 0 aromatic heterocycles. The average Bonchev–Trinajstić information content (AvgIpc) is 2.84. The molecule has 0 fully saturated rings. The van der Waals surface area contributed by atoms with Crippen LogP contribution < -0.4 is 69.3 Å². The van der Waals surface area contributed by atoms with Crippen molar-refractivity contribution in [3.63, 3.8) is 0 Å². The van der Waals surface area contributed by atoms with Gasteiger partial charge in [-0.15, -0.1) is 0 Å². The van der Waals surface area contributed by atoms with Gasteiger partial charge in [0, 0.05) is 0 Å². The molecule has 0 radical (unpaired) electrons. The molecular weight excluding hydrogens is 606 g/mol. The van der Waals surface area contributed by atoms with E-state index in [0.717, 1.165) is 38.5 Å². The number of aliphatic carboxylic acids is 2. The maximum Gasteiger partial charge on any atom is 1.00 e. The van der Waals surface area contributed by atoms with Crippen LogP contribution >= 0.6 is 0 Å². The summed E-state index contributed by atoms with van der Waals surface area (Å²) in [6.07, 6.45) is 21.5. The molecule has 0 bridgehead atoms. The molecule has 0 amide bonds. The third kappa shape index (κ3) is 32.2. The Kier molecular flexibility index (Phi) is 37.5. The Morgan fingerprint density at radius 2 is 0.667 bits per heavy atom. The van der Waals surface area contributed by atoms with Crippen LogP contribution in [-0.2, 0) is 29.8 Å². The minimum Gasteiger partial charge on any atom is -0.549 e. The molecule has 0 aliphatic carbocycles. The van der Waals surface area contributed by atoms with Gasteiger partial charge in [-0.05, 0) is 12.8 Å². The second-order valence-electron chi connectivity index (χ2n) is 10.6. The molecule has 42 heavy (non-hydrogen) atoms. The molecule has 0 rings (SSSR count). The van der Waals surface area contributed by atoms with Crippen molar-refractivity contribution < 1.29 is 105 Å². The average molecular weight is 661 g/mol. The fraction of sp³-hybridized carbons (Fsp3) is 0.929. The van der Waals surface area contributed by atoms with Crippen LogP contribution in [0.3, 0.4) is 0 Å². The van der Waals surface area contributed by atoms with Crippen molar-refractivity contribution in [1.29, 1.82) is 0 Å². The summed E-state index contributed by atoms with van der Waals surface area (Å²) in [4.78, 5) is 21.2. The van der Waals surface area contributed by atoms with Crippen LogP contribution in [0, 0.1) is 0 Å². The number of hydrogen-bond donors (Lipinski definition) is 2. The third-order valence-electron chi connectivity index (χ3n) is 6.88. The molecule has 240 valence electrons.